The summed E-state index contributed by atoms with van der Waals surface area (Å²) in [5, 5.41) is 9.10. The Morgan fingerprint density at radius 1 is 1.40 bits per heavy atom. The van der Waals surface area contributed by atoms with E-state index in [2.05, 4.69) is 16.0 Å². The van der Waals surface area contributed by atoms with Gasteiger partial charge in [0, 0.05) is 51.2 Å². The predicted molar refractivity (Wildman–Crippen MR) is 92.4 cm³/mol. The predicted octanol–water partition coefficient (Wildman–Crippen LogP) is 0.706. The number of aromatic nitrogens is 1. The summed E-state index contributed by atoms with van der Waals surface area (Å²) in [6, 6.07) is 4.16. The zero-order valence-electron chi connectivity index (χ0n) is 15.1. The van der Waals surface area contributed by atoms with Gasteiger partial charge in [-0.1, -0.05) is 0 Å². The molecule has 2 atom stereocenters. The van der Waals surface area contributed by atoms with E-state index in [0.717, 1.165) is 30.8 Å². The summed E-state index contributed by atoms with van der Waals surface area (Å²) in [5.41, 5.74) is 2.55. The van der Waals surface area contributed by atoms with Crippen molar-refractivity contribution in [1.29, 1.82) is 5.26 Å². The lowest BCUT2D eigenvalue weighted by atomic mass is 9.94. The molecule has 7 heteroatoms. The summed E-state index contributed by atoms with van der Waals surface area (Å²) in [7, 11) is 3.44. The van der Waals surface area contributed by atoms with Crippen molar-refractivity contribution in [2.24, 2.45) is 5.92 Å². The first-order chi connectivity index (χ1) is 11.9. The van der Waals surface area contributed by atoms with Crippen molar-refractivity contribution in [2.75, 3.05) is 33.7 Å². The molecule has 0 spiro atoms. The number of fused-ring (bicyclic) bond motifs is 4. The summed E-state index contributed by atoms with van der Waals surface area (Å²) in [6.07, 6.45) is 1.83. The lowest BCUT2D eigenvalue weighted by Gasteiger charge is -2.36. The van der Waals surface area contributed by atoms with Crippen LogP contribution in [0.15, 0.2) is 6.07 Å². The van der Waals surface area contributed by atoms with Crippen LogP contribution in [0.1, 0.15) is 29.8 Å². The van der Waals surface area contributed by atoms with Crippen LogP contribution in [0.25, 0.3) is 0 Å². The number of nitrogens with zero attached hydrogens (tertiary/aromatic N) is 4. The number of hydrogen-bond acceptors (Lipinski definition) is 4. The number of amides is 2. The SMILES string of the molecule is Cc1[nH]c(CN2C[C@@H]3CC[C@H](C2)N(CC(=O)N(C)C)C3=O)cc1C#N. The van der Waals surface area contributed by atoms with E-state index in [4.69, 9.17) is 5.26 Å². The molecule has 25 heavy (non-hydrogen) atoms. The van der Waals surface area contributed by atoms with Gasteiger partial charge in [0.25, 0.3) is 0 Å². The molecule has 3 fully saturated rings. The number of piperidine rings is 1. The van der Waals surface area contributed by atoms with Gasteiger partial charge in [0.1, 0.15) is 12.6 Å². The van der Waals surface area contributed by atoms with Crippen LogP contribution in [0.2, 0.25) is 0 Å². The minimum atomic E-state index is -0.0415. The van der Waals surface area contributed by atoms with Crippen LogP contribution in [-0.2, 0) is 16.1 Å². The Morgan fingerprint density at radius 3 is 2.80 bits per heavy atom. The number of likely N-dealkylation sites (N-methyl/N-ethyl adjacent to an activating group) is 1. The topological polar surface area (TPSA) is 83.4 Å². The quantitative estimate of drug-likeness (QED) is 0.872. The molecule has 4 rings (SSSR count). The minimum Gasteiger partial charge on any atom is -0.360 e. The van der Waals surface area contributed by atoms with E-state index in [1.807, 2.05) is 13.0 Å². The van der Waals surface area contributed by atoms with Gasteiger partial charge in [-0.25, -0.2) is 0 Å². The van der Waals surface area contributed by atoms with Crippen LogP contribution in [-0.4, -0.2) is 71.3 Å². The minimum absolute atomic E-state index is 0.0360. The maximum absolute atomic E-state index is 12.7. The first-order valence-corrected chi connectivity index (χ1v) is 8.70. The van der Waals surface area contributed by atoms with Crippen molar-refractivity contribution in [3.8, 4) is 6.07 Å². The lowest BCUT2D eigenvalue weighted by molar-refractivity contribution is -0.145. The number of hydrogen-bond donors (Lipinski definition) is 1. The second-order valence-corrected chi connectivity index (χ2v) is 7.32. The molecule has 0 radical (unpaired) electrons. The molecular formula is C18H25N5O2. The fraction of sp³-hybridized carbons (Fsp3) is 0.611. The van der Waals surface area contributed by atoms with Gasteiger partial charge < -0.3 is 14.8 Å². The van der Waals surface area contributed by atoms with Crippen molar-refractivity contribution >= 4 is 11.8 Å². The van der Waals surface area contributed by atoms with Crippen LogP contribution in [0, 0.1) is 24.2 Å². The van der Waals surface area contributed by atoms with Crippen molar-refractivity contribution in [3.63, 3.8) is 0 Å². The van der Waals surface area contributed by atoms with Crippen molar-refractivity contribution in [3.05, 3.63) is 23.0 Å². The number of aryl methyl sites for hydroxylation is 1. The molecule has 3 saturated heterocycles. The number of nitrogens with one attached hydrogen (secondary N) is 1. The second kappa shape index (κ2) is 6.89. The zero-order valence-corrected chi connectivity index (χ0v) is 15.1. The Morgan fingerprint density at radius 2 is 2.16 bits per heavy atom. The molecule has 134 valence electrons. The second-order valence-electron chi connectivity index (χ2n) is 7.32. The highest BCUT2D eigenvalue weighted by Gasteiger charge is 2.41. The molecule has 0 aliphatic carbocycles. The third-order valence-corrected chi connectivity index (χ3v) is 5.26. The number of carbonyl (C=O) groups is 2. The molecule has 0 unspecified atom stereocenters. The Labute approximate surface area is 148 Å². The number of carbonyl (C=O) groups excluding carboxylic acids is 2. The molecule has 4 heterocycles. The summed E-state index contributed by atoms with van der Waals surface area (Å²) in [6.45, 7) is 4.23. The van der Waals surface area contributed by atoms with Gasteiger partial charge >= 0.3 is 0 Å². The van der Waals surface area contributed by atoms with E-state index in [-0.39, 0.29) is 30.3 Å². The van der Waals surface area contributed by atoms with Gasteiger partial charge in [-0.15, -0.1) is 0 Å². The molecule has 0 saturated carbocycles. The first kappa shape index (κ1) is 17.5. The van der Waals surface area contributed by atoms with Crippen LogP contribution in [0.3, 0.4) is 0 Å². The van der Waals surface area contributed by atoms with Crippen LogP contribution in [0.5, 0.6) is 0 Å². The molecule has 2 bridgehead atoms. The highest BCUT2D eigenvalue weighted by Crippen LogP contribution is 2.30. The Balaban J connectivity index is 1.73. The molecule has 7 nitrogen and oxygen atoms in total. The summed E-state index contributed by atoms with van der Waals surface area (Å²) < 4.78 is 0. The van der Waals surface area contributed by atoms with Crippen LogP contribution in [0.4, 0.5) is 0 Å². The molecule has 0 aromatic carbocycles. The van der Waals surface area contributed by atoms with E-state index in [9.17, 15) is 9.59 Å². The summed E-state index contributed by atoms with van der Waals surface area (Å²) >= 11 is 0. The van der Waals surface area contributed by atoms with Crippen molar-refractivity contribution in [1.82, 2.24) is 19.7 Å². The fourth-order valence-electron chi connectivity index (χ4n) is 3.82. The van der Waals surface area contributed by atoms with Crippen molar-refractivity contribution in [2.45, 2.75) is 32.4 Å². The Bertz CT molecular complexity index is 718. The number of nitriles is 1. The fourth-order valence-corrected chi connectivity index (χ4v) is 3.82. The van der Waals surface area contributed by atoms with Crippen molar-refractivity contribution < 1.29 is 9.59 Å². The molecule has 3 aliphatic heterocycles. The highest BCUT2D eigenvalue weighted by molar-refractivity contribution is 5.86. The summed E-state index contributed by atoms with van der Waals surface area (Å²) in [5.74, 6) is 0.0284. The van der Waals surface area contributed by atoms with Gasteiger partial charge in [-0.3, -0.25) is 14.5 Å². The smallest absolute Gasteiger partial charge is 0.241 e. The van der Waals surface area contributed by atoms with E-state index in [0.29, 0.717) is 18.7 Å². The van der Waals surface area contributed by atoms with Gasteiger partial charge in [0.15, 0.2) is 0 Å². The van der Waals surface area contributed by atoms with Gasteiger partial charge in [0.2, 0.25) is 11.8 Å². The monoisotopic (exact) mass is 343 g/mol. The number of H-pyrrole nitrogens is 1. The third kappa shape index (κ3) is 3.54. The van der Waals surface area contributed by atoms with Gasteiger partial charge in [-0.05, 0) is 25.8 Å². The largest absolute Gasteiger partial charge is 0.360 e. The van der Waals surface area contributed by atoms with E-state index in [1.54, 1.807) is 19.0 Å². The average Bonchev–Trinajstić information content (AvgIpc) is 2.73. The Kier molecular flexibility index (Phi) is 4.82. The molecule has 3 aliphatic rings. The first-order valence-electron chi connectivity index (χ1n) is 8.70. The lowest BCUT2D eigenvalue weighted by Crippen LogP contribution is -2.51. The van der Waals surface area contributed by atoms with Gasteiger partial charge in [0.05, 0.1) is 11.5 Å². The van der Waals surface area contributed by atoms with Crippen LogP contribution < -0.4 is 0 Å². The average molecular weight is 343 g/mol. The third-order valence-electron chi connectivity index (χ3n) is 5.26. The Hall–Kier alpha value is -2.33. The van der Waals surface area contributed by atoms with Crippen LogP contribution >= 0.6 is 0 Å². The molecular weight excluding hydrogens is 318 g/mol. The zero-order chi connectivity index (χ0) is 18.1. The number of aromatic amines is 1. The van der Waals surface area contributed by atoms with E-state index >= 15 is 0 Å². The number of rotatable bonds is 4. The highest BCUT2D eigenvalue weighted by atomic mass is 16.2. The maximum atomic E-state index is 12.7. The molecule has 2 amide bonds. The van der Waals surface area contributed by atoms with E-state index in [1.165, 1.54) is 4.90 Å². The van der Waals surface area contributed by atoms with E-state index < -0.39 is 0 Å². The molecule has 1 aromatic rings. The standard InChI is InChI=1S/C18H25N5O2/c1-12-14(7-19)6-15(20-12)9-22-8-13-4-5-16(10-22)23(18(13)25)11-17(24)21(2)3/h6,13,16,20H,4-5,8-11H2,1-3H3/t13-,16+/m0/s1. The van der Waals surface area contributed by atoms with Gasteiger partial charge in [-0.2, -0.15) is 5.26 Å². The maximum Gasteiger partial charge on any atom is 0.241 e. The molecule has 1 aromatic heterocycles. The molecule has 1 N–H and O–H groups in total. The normalized spacial score (nSPS) is 23.4. The summed E-state index contributed by atoms with van der Waals surface area (Å²) in [4.78, 5) is 33.7.